The van der Waals surface area contributed by atoms with Gasteiger partial charge in [0.05, 0.1) is 6.61 Å². The lowest BCUT2D eigenvalue weighted by atomic mass is 10.0. The van der Waals surface area contributed by atoms with Crippen molar-refractivity contribution in [3.63, 3.8) is 0 Å². The van der Waals surface area contributed by atoms with Crippen molar-refractivity contribution in [2.75, 3.05) is 12.4 Å². The minimum absolute atomic E-state index is 0.0923. The molecule has 0 saturated carbocycles. The van der Waals surface area contributed by atoms with Crippen molar-refractivity contribution in [2.45, 2.75) is 35.9 Å². The van der Waals surface area contributed by atoms with Gasteiger partial charge in [-0.25, -0.2) is 0 Å². The Morgan fingerprint density at radius 2 is 1.89 bits per heavy atom. The summed E-state index contributed by atoms with van der Waals surface area (Å²) in [5.41, 5.74) is 4.42. The quantitative estimate of drug-likeness (QED) is 0.292. The number of nitrogens with two attached hydrogens (primary N) is 1. The number of aliphatic hydroxyl groups excluding tert-OH is 4. The van der Waals surface area contributed by atoms with Gasteiger partial charge in [-0.2, -0.15) is 0 Å². The second-order valence-corrected chi connectivity index (χ2v) is 6.53. The third kappa shape index (κ3) is 4.46. The van der Waals surface area contributed by atoms with E-state index >= 15 is 0 Å². The summed E-state index contributed by atoms with van der Waals surface area (Å²) in [6.07, 6.45) is -5.14. The average Bonchev–Trinajstić information content (AvgIpc) is 2.38. The zero-order valence-electron chi connectivity index (χ0n) is 9.82. The number of carbonyl (C=O) groups is 1. The summed E-state index contributed by atoms with van der Waals surface area (Å²) in [4.78, 5) is 10.5. The van der Waals surface area contributed by atoms with Crippen molar-refractivity contribution in [2.24, 2.45) is 5.73 Å². The van der Waals surface area contributed by atoms with E-state index in [9.17, 15) is 20.1 Å². The fourth-order valence-electron chi connectivity index (χ4n) is 1.40. The van der Waals surface area contributed by atoms with Crippen molar-refractivity contribution in [3.8, 4) is 0 Å². The molecule has 6 atom stereocenters. The van der Waals surface area contributed by atoms with Gasteiger partial charge >= 0.3 is 5.97 Å². The van der Waals surface area contributed by atoms with Crippen LogP contribution >= 0.6 is 21.6 Å². The van der Waals surface area contributed by atoms with Crippen molar-refractivity contribution in [1.29, 1.82) is 0 Å². The van der Waals surface area contributed by atoms with E-state index in [2.05, 4.69) is 0 Å². The van der Waals surface area contributed by atoms with Crippen molar-refractivity contribution >= 4 is 27.6 Å². The number of hydrogen-bond donors (Lipinski definition) is 6. The number of carboxylic acids is 1. The molecule has 0 aromatic rings. The zero-order chi connectivity index (χ0) is 14.6. The Hall–Kier alpha value is -0.0700. The number of rotatable bonds is 6. The molecule has 1 heterocycles. The first kappa shape index (κ1) is 17.0. The smallest absolute Gasteiger partial charge is 0.321 e. The molecule has 1 saturated heterocycles. The van der Waals surface area contributed by atoms with Gasteiger partial charge in [0.2, 0.25) is 0 Å². The predicted octanol–water partition coefficient (Wildman–Crippen LogP) is -2.42. The Morgan fingerprint density at radius 3 is 2.42 bits per heavy atom. The lowest BCUT2D eigenvalue weighted by molar-refractivity contribution is -0.205. The summed E-state index contributed by atoms with van der Waals surface area (Å²) in [5.74, 6) is -1.04. The van der Waals surface area contributed by atoms with E-state index in [1.165, 1.54) is 0 Å². The van der Waals surface area contributed by atoms with E-state index in [0.717, 1.165) is 21.6 Å². The normalized spacial score (nSPS) is 37.0. The number of hydrogen-bond acceptors (Lipinski definition) is 9. The van der Waals surface area contributed by atoms with Gasteiger partial charge in [-0.3, -0.25) is 4.79 Å². The van der Waals surface area contributed by atoms with Crippen LogP contribution < -0.4 is 5.73 Å². The first-order valence-electron chi connectivity index (χ1n) is 5.45. The molecule has 10 heteroatoms. The molecule has 1 fully saturated rings. The number of aliphatic hydroxyl groups is 4. The molecule has 8 nitrogen and oxygen atoms in total. The molecular formula is C9H17NO7S2. The van der Waals surface area contributed by atoms with Crippen LogP contribution in [0.5, 0.6) is 0 Å². The molecule has 0 aromatic carbocycles. The Morgan fingerprint density at radius 1 is 1.26 bits per heavy atom. The summed E-state index contributed by atoms with van der Waals surface area (Å²) < 4.78 is 5.22. The average molecular weight is 315 g/mol. The van der Waals surface area contributed by atoms with Crippen LogP contribution in [0.4, 0.5) is 0 Å². The highest BCUT2D eigenvalue weighted by Crippen LogP contribution is 2.35. The van der Waals surface area contributed by atoms with Crippen molar-refractivity contribution in [3.05, 3.63) is 0 Å². The minimum Gasteiger partial charge on any atom is -0.480 e. The van der Waals surface area contributed by atoms with Crippen LogP contribution in [0.1, 0.15) is 0 Å². The summed E-state index contributed by atoms with van der Waals surface area (Å²) in [7, 11) is 2.06. The van der Waals surface area contributed by atoms with E-state index in [1.54, 1.807) is 0 Å². The van der Waals surface area contributed by atoms with Crippen LogP contribution in [0.25, 0.3) is 0 Å². The van der Waals surface area contributed by atoms with Gasteiger partial charge in [0.15, 0.2) is 0 Å². The van der Waals surface area contributed by atoms with Gasteiger partial charge in [0.25, 0.3) is 0 Å². The number of carboxylic acid groups (broad SMARTS) is 1. The van der Waals surface area contributed by atoms with Crippen LogP contribution in [0.3, 0.4) is 0 Å². The van der Waals surface area contributed by atoms with E-state index < -0.39 is 48.5 Å². The van der Waals surface area contributed by atoms with Gasteiger partial charge in [-0.15, -0.1) is 0 Å². The monoisotopic (exact) mass is 315 g/mol. The summed E-state index contributed by atoms with van der Waals surface area (Å²) in [6, 6.07) is -1.04. The summed E-state index contributed by atoms with van der Waals surface area (Å²) in [5, 5.41) is 46.4. The zero-order valence-corrected chi connectivity index (χ0v) is 11.5. The highest BCUT2D eigenvalue weighted by Gasteiger charge is 2.43. The van der Waals surface area contributed by atoms with Crippen LogP contribution in [-0.4, -0.2) is 79.8 Å². The SMILES string of the molecule is N[C@@H](CSS[C@H]1O[C@H](CO)[C@@H](O)[C@H](O)[C@H]1O)C(=O)O. The van der Waals surface area contributed by atoms with E-state index in [-0.39, 0.29) is 5.75 Å². The maximum absolute atomic E-state index is 10.5. The van der Waals surface area contributed by atoms with Crippen LogP contribution in [0, 0.1) is 0 Å². The molecule has 0 unspecified atom stereocenters. The Kier molecular flexibility index (Phi) is 6.83. The highest BCUT2D eigenvalue weighted by molar-refractivity contribution is 8.76. The summed E-state index contributed by atoms with van der Waals surface area (Å²) in [6.45, 7) is -0.499. The predicted molar refractivity (Wildman–Crippen MR) is 69.4 cm³/mol. The second kappa shape index (κ2) is 7.64. The van der Waals surface area contributed by atoms with E-state index in [1.807, 2.05) is 0 Å². The molecule has 0 aliphatic carbocycles. The van der Waals surface area contributed by atoms with Crippen LogP contribution in [0.2, 0.25) is 0 Å². The lowest BCUT2D eigenvalue weighted by Gasteiger charge is -2.39. The van der Waals surface area contributed by atoms with Crippen LogP contribution in [0.15, 0.2) is 0 Å². The molecule has 1 rings (SSSR count). The fraction of sp³-hybridized carbons (Fsp3) is 0.889. The number of ether oxygens (including phenoxy) is 1. The Balaban J connectivity index is 2.46. The Bertz CT molecular complexity index is 306. The van der Waals surface area contributed by atoms with Gasteiger partial charge in [-0.05, 0) is 0 Å². The first-order chi connectivity index (χ1) is 8.88. The molecular weight excluding hydrogens is 298 g/mol. The molecule has 1 aliphatic heterocycles. The largest absolute Gasteiger partial charge is 0.480 e. The van der Waals surface area contributed by atoms with Crippen molar-refractivity contribution < 1.29 is 35.1 Å². The molecule has 0 aromatic heterocycles. The highest BCUT2D eigenvalue weighted by atomic mass is 33.1. The van der Waals surface area contributed by atoms with Crippen molar-refractivity contribution in [1.82, 2.24) is 0 Å². The lowest BCUT2D eigenvalue weighted by Crippen LogP contribution is -2.57. The maximum atomic E-state index is 10.5. The molecule has 19 heavy (non-hydrogen) atoms. The topological polar surface area (TPSA) is 153 Å². The van der Waals surface area contributed by atoms with Gasteiger partial charge in [0, 0.05) is 5.75 Å². The summed E-state index contributed by atoms with van der Waals surface area (Å²) >= 11 is 0. The molecule has 0 amide bonds. The van der Waals surface area contributed by atoms with Crippen LogP contribution in [-0.2, 0) is 9.53 Å². The minimum atomic E-state index is -1.43. The first-order valence-corrected chi connectivity index (χ1v) is 7.83. The van der Waals surface area contributed by atoms with E-state index in [4.69, 9.17) is 20.7 Å². The third-order valence-electron chi connectivity index (χ3n) is 2.58. The van der Waals surface area contributed by atoms with E-state index in [0.29, 0.717) is 0 Å². The third-order valence-corrected chi connectivity index (χ3v) is 5.17. The number of aliphatic carboxylic acids is 1. The molecule has 7 N–H and O–H groups in total. The molecule has 0 radical (unpaired) electrons. The fourth-order valence-corrected chi connectivity index (χ4v) is 3.92. The van der Waals surface area contributed by atoms with Gasteiger partial charge in [-0.1, -0.05) is 21.6 Å². The standard InChI is InChI=1S/C9H17NO7S2/c10-3(8(15)16)2-18-19-9-7(14)6(13)5(12)4(1-11)17-9/h3-7,9,11-14H,1-2,10H2,(H,15,16)/t3-,4+,5+,6-,7+,9+/m0/s1. The van der Waals surface area contributed by atoms with Gasteiger partial charge in [0.1, 0.15) is 35.9 Å². The second-order valence-electron chi connectivity index (χ2n) is 4.02. The Labute approximate surface area is 117 Å². The van der Waals surface area contributed by atoms with Gasteiger partial charge < -0.3 is 36.0 Å². The maximum Gasteiger partial charge on any atom is 0.321 e. The molecule has 112 valence electrons. The molecule has 0 bridgehead atoms. The molecule has 1 aliphatic rings. The molecule has 0 spiro atoms.